The highest BCUT2D eigenvalue weighted by Gasteiger charge is 2.24. The molecule has 21 heavy (non-hydrogen) atoms. The van der Waals surface area contributed by atoms with Crippen LogP contribution in [-0.4, -0.2) is 26.9 Å². The van der Waals surface area contributed by atoms with Gasteiger partial charge in [-0.05, 0) is 20.8 Å². The van der Waals surface area contributed by atoms with Crippen molar-refractivity contribution in [2.45, 2.75) is 26.8 Å². The topological polar surface area (TPSA) is 106 Å². The van der Waals surface area contributed by atoms with Gasteiger partial charge in [0.15, 0.2) is 0 Å². The minimum absolute atomic E-state index is 0.130. The standard InChI is InChI=1S/C12H16N6O2S/c1-6-10(21-8(3)16-6)7(2)17-12-9(18(19)20)11(13-4)14-5-15-12/h5,7H,1-4H3,(H2,13,14,15,17). The molecule has 0 aliphatic heterocycles. The number of hydrogen-bond acceptors (Lipinski definition) is 8. The quantitative estimate of drug-likeness (QED) is 0.646. The molecular weight excluding hydrogens is 292 g/mol. The minimum Gasteiger partial charge on any atom is -0.367 e. The molecule has 0 amide bonds. The summed E-state index contributed by atoms with van der Waals surface area (Å²) in [7, 11) is 1.58. The van der Waals surface area contributed by atoms with Crippen LogP contribution in [0.15, 0.2) is 6.33 Å². The molecule has 9 heteroatoms. The molecule has 2 heterocycles. The zero-order valence-corrected chi connectivity index (χ0v) is 13.0. The molecule has 0 radical (unpaired) electrons. The van der Waals surface area contributed by atoms with Crippen molar-refractivity contribution >= 4 is 28.7 Å². The summed E-state index contributed by atoms with van der Waals surface area (Å²) in [6.45, 7) is 5.77. The van der Waals surface area contributed by atoms with E-state index in [9.17, 15) is 10.1 Å². The van der Waals surface area contributed by atoms with Gasteiger partial charge in [-0.25, -0.2) is 15.0 Å². The van der Waals surface area contributed by atoms with Gasteiger partial charge in [0.05, 0.1) is 21.7 Å². The van der Waals surface area contributed by atoms with E-state index < -0.39 is 4.92 Å². The molecule has 0 bridgehead atoms. The normalized spacial score (nSPS) is 12.0. The molecule has 0 saturated heterocycles. The smallest absolute Gasteiger partial charge is 0.353 e. The number of aromatic nitrogens is 3. The van der Waals surface area contributed by atoms with E-state index in [1.54, 1.807) is 18.4 Å². The summed E-state index contributed by atoms with van der Waals surface area (Å²) in [4.78, 5) is 24.0. The van der Waals surface area contributed by atoms with Crippen molar-refractivity contribution in [3.05, 3.63) is 32.0 Å². The van der Waals surface area contributed by atoms with Crippen LogP contribution < -0.4 is 10.6 Å². The third kappa shape index (κ3) is 3.07. The summed E-state index contributed by atoms with van der Waals surface area (Å²) in [5, 5.41) is 18.0. The highest BCUT2D eigenvalue weighted by Crippen LogP contribution is 2.33. The Balaban J connectivity index is 2.35. The van der Waals surface area contributed by atoms with E-state index in [4.69, 9.17) is 0 Å². The first kappa shape index (κ1) is 15.1. The van der Waals surface area contributed by atoms with E-state index in [0.29, 0.717) is 0 Å². The fourth-order valence-corrected chi connectivity index (χ4v) is 2.99. The van der Waals surface area contributed by atoms with Crippen molar-refractivity contribution in [1.82, 2.24) is 15.0 Å². The molecule has 0 saturated carbocycles. The van der Waals surface area contributed by atoms with E-state index >= 15 is 0 Å². The Morgan fingerprint density at radius 2 is 2.00 bits per heavy atom. The van der Waals surface area contributed by atoms with Crippen LogP contribution in [-0.2, 0) is 0 Å². The van der Waals surface area contributed by atoms with Crippen LogP contribution in [0.4, 0.5) is 17.3 Å². The second kappa shape index (κ2) is 6.00. The van der Waals surface area contributed by atoms with E-state index in [-0.39, 0.29) is 23.4 Å². The number of nitrogens with zero attached hydrogens (tertiary/aromatic N) is 4. The maximum absolute atomic E-state index is 11.2. The van der Waals surface area contributed by atoms with Gasteiger partial charge in [0.2, 0.25) is 11.6 Å². The minimum atomic E-state index is -0.494. The van der Waals surface area contributed by atoms with E-state index in [2.05, 4.69) is 25.6 Å². The van der Waals surface area contributed by atoms with Crippen LogP contribution in [0.2, 0.25) is 0 Å². The maximum Gasteiger partial charge on any atom is 0.353 e. The van der Waals surface area contributed by atoms with E-state index in [1.165, 1.54) is 6.33 Å². The molecule has 0 fully saturated rings. The first-order valence-corrected chi connectivity index (χ1v) is 7.13. The van der Waals surface area contributed by atoms with Gasteiger partial charge in [0.25, 0.3) is 0 Å². The van der Waals surface area contributed by atoms with Crippen LogP contribution in [0.5, 0.6) is 0 Å². The number of aryl methyl sites for hydroxylation is 2. The lowest BCUT2D eigenvalue weighted by molar-refractivity contribution is -0.383. The molecule has 2 aromatic heterocycles. The van der Waals surface area contributed by atoms with Crippen LogP contribution in [0, 0.1) is 24.0 Å². The van der Waals surface area contributed by atoms with Gasteiger partial charge in [-0.15, -0.1) is 11.3 Å². The van der Waals surface area contributed by atoms with E-state index in [1.807, 2.05) is 20.8 Å². The Labute approximate surface area is 125 Å². The number of hydrogen-bond donors (Lipinski definition) is 2. The second-order valence-corrected chi connectivity index (χ2v) is 5.71. The molecule has 8 nitrogen and oxygen atoms in total. The van der Waals surface area contributed by atoms with E-state index in [0.717, 1.165) is 15.6 Å². The third-order valence-corrected chi connectivity index (χ3v) is 4.18. The summed E-state index contributed by atoms with van der Waals surface area (Å²) >= 11 is 1.56. The van der Waals surface area contributed by atoms with Crippen molar-refractivity contribution in [3.63, 3.8) is 0 Å². The summed E-state index contributed by atoms with van der Waals surface area (Å²) in [6.07, 6.45) is 1.29. The first-order valence-electron chi connectivity index (χ1n) is 6.31. The first-order chi connectivity index (χ1) is 9.93. The number of anilines is 2. The number of nitrogens with one attached hydrogen (secondary N) is 2. The molecule has 2 aromatic rings. The van der Waals surface area contributed by atoms with Gasteiger partial charge in [-0.2, -0.15) is 0 Å². The predicted molar refractivity (Wildman–Crippen MR) is 81.9 cm³/mol. The van der Waals surface area contributed by atoms with Gasteiger partial charge < -0.3 is 10.6 Å². The van der Waals surface area contributed by atoms with Crippen LogP contribution >= 0.6 is 11.3 Å². The maximum atomic E-state index is 11.2. The zero-order chi connectivity index (χ0) is 15.6. The van der Waals surface area contributed by atoms with Crippen molar-refractivity contribution in [3.8, 4) is 0 Å². The molecule has 2 N–H and O–H groups in total. The Bertz CT molecular complexity index is 672. The SMILES string of the molecule is CNc1ncnc(NC(C)c2sc(C)nc2C)c1[N+](=O)[O-]. The average Bonchev–Trinajstić information content (AvgIpc) is 2.77. The number of thiazole rings is 1. The largest absolute Gasteiger partial charge is 0.367 e. The molecule has 1 unspecified atom stereocenters. The molecule has 2 rings (SSSR count). The van der Waals surface area contributed by atoms with Gasteiger partial charge in [0, 0.05) is 11.9 Å². The van der Waals surface area contributed by atoms with Crippen molar-refractivity contribution in [1.29, 1.82) is 0 Å². The van der Waals surface area contributed by atoms with Crippen LogP contribution in [0.1, 0.15) is 28.5 Å². The second-order valence-electron chi connectivity index (χ2n) is 4.48. The molecule has 0 spiro atoms. The average molecular weight is 308 g/mol. The molecule has 1 atom stereocenters. The predicted octanol–water partition coefficient (Wildman–Crippen LogP) is 2.67. The molecule has 112 valence electrons. The zero-order valence-electron chi connectivity index (χ0n) is 12.2. The lowest BCUT2D eigenvalue weighted by Gasteiger charge is -2.14. The van der Waals surface area contributed by atoms with Crippen molar-refractivity contribution in [2.24, 2.45) is 0 Å². The van der Waals surface area contributed by atoms with Crippen molar-refractivity contribution in [2.75, 3.05) is 17.7 Å². The van der Waals surface area contributed by atoms with Crippen LogP contribution in [0.25, 0.3) is 0 Å². The lowest BCUT2D eigenvalue weighted by Crippen LogP contribution is -2.11. The highest BCUT2D eigenvalue weighted by molar-refractivity contribution is 7.11. The summed E-state index contributed by atoms with van der Waals surface area (Å²) in [5.74, 6) is 0.374. The van der Waals surface area contributed by atoms with Crippen LogP contribution in [0.3, 0.4) is 0 Å². The Kier molecular flexibility index (Phi) is 4.32. The summed E-state index contributed by atoms with van der Waals surface area (Å²) < 4.78 is 0. The molecular formula is C12H16N6O2S. The van der Waals surface area contributed by atoms with Gasteiger partial charge >= 0.3 is 5.69 Å². The summed E-state index contributed by atoms with van der Waals surface area (Å²) in [5.41, 5.74) is 0.758. The van der Waals surface area contributed by atoms with Gasteiger partial charge in [0.1, 0.15) is 6.33 Å². The highest BCUT2D eigenvalue weighted by atomic mass is 32.1. The number of nitro groups is 1. The van der Waals surface area contributed by atoms with Gasteiger partial charge in [-0.3, -0.25) is 10.1 Å². The monoisotopic (exact) mass is 308 g/mol. The lowest BCUT2D eigenvalue weighted by atomic mass is 10.2. The fourth-order valence-electron chi connectivity index (χ4n) is 2.06. The number of rotatable bonds is 5. The van der Waals surface area contributed by atoms with Crippen molar-refractivity contribution < 1.29 is 4.92 Å². The summed E-state index contributed by atoms with van der Waals surface area (Å²) in [6, 6.07) is -0.130. The molecule has 0 aliphatic carbocycles. The fraction of sp³-hybridized carbons (Fsp3) is 0.417. The molecule has 0 aliphatic rings. The van der Waals surface area contributed by atoms with Gasteiger partial charge in [-0.1, -0.05) is 0 Å². The Morgan fingerprint density at radius 1 is 1.33 bits per heavy atom. The third-order valence-electron chi connectivity index (χ3n) is 2.93. The Hall–Kier alpha value is -2.29. The Morgan fingerprint density at radius 3 is 2.52 bits per heavy atom. The molecule has 0 aromatic carbocycles.